The Kier molecular flexibility index (Phi) is 4.19. The van der Waals surface area contributed by atoms with Gasteiger partial charge in [0.2, 0.25) is 5.91 Å². The minimum Gasteiger partial charge on any atom is -0.444 e. The lowest BCUT2D eigenvalue weighted by atomic mass is 9.96. The summed E-state index contributed by atoms with van der Waals surface area (Å²) in [7, 11) is 0. The highest BCUT2D eigenvalue weighted by atomic mass is 16.6. The number of rotatable bonds is 2. The van der Waals surface area contributed by atoms with E-state index in [1.165, 1.54) is 0 Å². The number of carbonyl (C=O) groups is 2. The molecule has 23 heavy (non-hydrogen) atoms. The van der Waals surface area contributed by atoms with Crippen LogP contribution in [0.1, 0.15) is 44.1 Å². The standard InChI is InChI=1S/C16H22N4O3/c1-10-8-14(20-9-11(2)23-16(20)22)18-15(17-10)13-4-6-19(7-5-13)12(3)21/h8,11,13H,4-7,9H2,1-3H3/t11-/m0/s1. The van der Waals surface area contributed by atoms with Gasteiger partial charge in [0, 0.05) is 37.7 Å². The number of hydrogen-bond acceptors (Lipinski definition) is 5. The van der Waals surface area contributed by atoms with Crippen LogP contribution in [0.4, 0.5) is 10.6 Å². The number of nitrogens with zero attached hydrogens (tertiary/aromatic N) is 4. The zero-order valence-electron chi connectivity index (χ0n) is 13.8. The van der Waals surface area contributed by atoms with E-state index in [4.69, 9.17) is 4.74 Å². The van der Waals surface area contributed by atoms with Crippen molar-refractivity contribution < 1.29 is 14.3 Å². The van der Waals surface area contributed by atoms with E-state index in [0.717, 1.165) is 37.4 Å². The summed E-state index contributed by atoms with van der Waals surface area (Å²) in [6, 6.07) is 1.81. The highest BCUT2D eigenvalue weighted by Gasteiger charge is 2.32. The molecule has 0 aromatic carbocycles. The van der Waals surface area contributed by atoms with Gasteiger partial charge in [-0.15, -0.1) is 0 Å². The number of amides is 2. The average Bonchev–Trinajstić information content (AvgIpc) is 2.85. The van der Waals surface area contributed by atoms with E-state index in [1.54, 1.807) is 11.8 Å². The molecule has 2 aliphatic rings. The molecule has 0 aliphatic carbocycles. The number of anilines is 1. The summed E-state index contributed by atoms with van der Waals surface area (Å²) in [4.78, 5) is 35.9. The first-order chi connectivity index (χ1) is 10.9. The summed E-state index contributed by atoms with van der Waals surface area (Å²) in [5, 5.41) is 0. The number of carbonyl (C=O) groups excluding carboxylic acids is 2. The molecule has 0 unspecified atom stereocenters. The molecule has 0 saturated carbocycles. The van der Waals surface area contributed by atoms with Gasteiger partial charge in [-0.05, 0) is 26.7 Å². The first-order valence-electron chi connectivity index (χ1n) is 8.03. The maximum atomic E-state index is 11.9. The second kappa shape index (κ2) is 6.14. The minimum absolute atomic E-state index is 0.114. The van der Waals surface area contributed by atoms with E-state index in [9.17, 15) is 9.59 Å². The number of hydrogen-bond donors (Lipinski definition) is 0. The zero-order chi connectivity index (χ0) is 16.6. The van der Waals surface area contributed by atoms with Gasteiger partial charge in [-0.2, -0.15) is 0 Å². The lowest BCUT2D eigenvalue weighted by Crippen LogP contribution is -2.36. The molecule has 1 aromatic heterocycles. The van der Waals surface area contributed by atoms with Crippen LogP contribution in [0.5, 0.6) is 0 Å². The van der Waals surface area contributed by atoms with Crippen LogP contribution >= 0.6 is 0 Å². The molecule has 2 aliphatic heterocycles. The summed E-state index contributed by atoms with van der Waals surface area (Å²) >= 11 is 0. The number of piperidine rings is 1. The van der Waals surface area contributed by atoms with Gasteiger partial charge in [0.25, 0.3) is 0 Å². The fraction of sp³-hybridized carbons (Fsp3) is 0.625. The molecule has 124 valence electrons. The number of ether oxygens (including phenoxy) is 1. The third-order valence-corrected chi connectivity index (χ3v) is 4.40. The molecule has 2 amide bonds. The second-order valence-corrected chi connectivity index (χ2v) is 6.31. The van der Waals surface area contributed by atoms with Gasteiger partial charge in [0.1, 0.15) is 17.7 Å². The highest BCUT2D eigenvalue weighted by Crippen LogP contribution is 2.28. The molecule has 0 N–H and O–H groups in total. The Morgan fingerprint density at radius 2 is 2.00 bits per heavy atom. The SMILES string of the molecule is CC(=O)N1CCC(c2nc(C)cc(N3C[C@H](C)OC3=O)n2)CC1. The van der Waals surface area contributed by atoms with Crippen molar-refractivity contribution in [3.63, 3.8) is 0 Å². The maximum Gasteiger partial charge on any atom is 0.415 e. The van der Waals surface area contributed by atoms with E-state index < -0.39 is 0 Å². The molecule has 0 radical (unpaired) electrons. The van der Waals surface area contributed by atoms with Crippen LogP contribution in [0.15, 0.2) is 6.07 Å². The number of likely N-dealkylation sites (tertiary alicyclic amines) is 1. The molecular weight excluding hydrogens is 296 g/mol. The van der Waals surface area contributed by atoms with Gasteiger partial charge < -0.3 is 9.64 Å². The number of aromatic nitrogens is 2. The van der Waals surface area contributed by atoms with Crippen LogP contribution in [0, 0.1) is 6.92 Å². The van der Waals surface area contributed by atoms with E-state index in [1.807, 2.05) is 24.8 Å². The number of aryl methyl sites for hydroxylation is 1. The molecule has 2 fully saturated rings. The van der Waals surface area contributed by atoms with Gasteiger partial charge in [-0.3, -0.25) is 9.69 Å². The van der Waals surface area contributed by atoms with Crippen molar-refractivity contribution in [1.82, 2.24) is 14.9 Å². The van der Waals surface area contributed by atoms with Crippen LogP contribution in [-0.4, -0.2) is 52.6 Å². The first-order valence-corrected chi connectivity index (χ1v) is 8.03. The Labute approximate surface area is 135 Å². The van der Waals surface area contributed by atoms with Gasteiger partial charge in [0.05, 0.1) is 6.54 Å². The Hall–Kier alpha value is -2.18. The van der Waals surface area contributed by atoms with Crippen molar-refractivity contribution in [2.75, 3.05) is 24.5 Å². The Bertz CT molecular complexity index is 626. The summed E-state index contributed by atoms with van der Waals surface area (Å²) in [6.45, 7) is 7.35. The van der Waals surface area contributed by atoms with E-state index in [0.29, 0.717) is 12.4 Å². The molecule has 1 atom stereocenters. The normalized spacial score (nSPS) is 22.4. The van der Waals surface area contributed by atoms with Gasteiger partial charge in [-0.25, -0.2) is 14.8 Å². The highest BCUT2D eigenvalue weighted by molar-refractivity contribution is 5.88. The Morgan fingerprint density at radius 1 is 1.30 bits per heavy atom. The predicted octanol–water partition coefficient (Wildman–Crippen LogP) is 1.86. The van der Waals surface area contributed by atoms with E-state index in [2.05, 4.69) is 9.97 Å². The topological polar surface area (TPSA) is 75.6 Å². The van der Waals surface area contributed by atoms with Crippen molar-refractivity contribution >= 4 is 17.8 Å². The van der Waals surface area contributed by atoms with Crippen molar-refractivity contribution in [3.05, 3.63) is 17.6 Å². The van der Waals surface area contributed by atoms with Crippen LogP contribution in [0.2, 0.25) is 0 Å². The van der Waals surface area contributed by atoms with Crippen LogP contribution < -0.4 is 4.90 Å². The van der Waals surface area contributed by atoms with Crippen LogP contribution in [-0.2, 0) is 9.53 Å². The quantitative estimate of drug-likeness (QED) is 0.832. The van der Waals surface area contributed by atoms with Gasteiger partial charge in [-0.1, -0.05) is 0 Å². The second-order valence-electron chi connectivity index (χ2n) is 6.31. The fourth-order valence-electron chi connectivity index (χ4n) is 3.14. The average molecular weight is 318 g/mol. The Balaban J connectivity index is 1.79. The Morgan fingerprint density at radius 3 is 2.57 bits per heavy atom. The molecule has 3 rings (SSSR count). The number of cyclic esters (lactones) is 1. The molecule has 1 aromatic rings. The molecule has 7 nitrogen and oxygen atoms in total. The monoisotopic (exact) mass is 318 g/mol. The summed E-state index contributed by atoms with van der Waals surface area (Å²) < 4.78 is 5.18. The minimum atomic E-state index is -0.354. The third-order valence-electron chi connectivity index (χ3n) is 4.40. The predicted molar refractivity (Wildman–Crippen MR) is 84.3 cm³/mol. The molecule has 3 heterocycles. The maximum absolute atomic E-state index is 11.9. The van der Waals surface area contributed by atoms with Gasteiger partial charge in [0.15, 0.2) is 0 Å². The molecular formula is C16H22N4O3. The first kappa shape index (κ1) is 15.7. The van der Waals surface area contributed by atoms with Crippen LogP contribution in [0.25, 0.3) is 0 Å². The van der Waals surface area contributed by atoms with Crippen molar-refractivity contribution in [2.24, 2.45) is 0 Å². The van der Waals surface area contributed by atoms with Crippen LogP contribution in [0.3, 0.4) is 0 Å². The van der Waals surface area contributed by atoms with E-state index in [-0.39, 0.29) is 24.0 Å². The summed E-state index contributed by atoms with van der Waals surface area (Å²) in [5.41, 5.74) is 0.839. The smallest absolute Gasteiger partial charge is 0.415 e. The van der Waals surface area contributed by atoms with Crippen molar-refractivity contribution in [1.29, 1.82) is 0 Å². The molecule has 2 saturated heterocycles. The van der Waals surface area contributed by atoms with Gasteiger partial charge >= 0.3 is 6.09 Å². The third kappa shape index (κ3) is 3.28. The van der Waals surface area contributed by atoms with E-state index >= 15 is 0 Å². The molecule has 7 heteroatoms. The lowest BCUT2D eigenvalue weighted by molar-refractivity contribution is -0.129. The van der Waals surface area contributed by atoms with Crippen molar-refractivity contribution in [3.8, 4) is 0 Å². The molecule has 0 spiro atoms. The summed E-state index contributed by atoms with van der Waals surface area (Å²) in [6.07, 6.45) is 1.22. The van der Waals surface area contributed by atoms with Crippen molar-refractivity contribution in [2.45, 2.75) is 45.6 Å². The fourth-order valence-corrected chi connectivity index (χ4v) is 3.14. The zero-order valence-corrected chi connectivity index (χ0v) is 13.8. The largest absolute Gasteiger partial charge is 0.444 e. The lowest BCUT2D eigenvalue weighted by Gasteiger charge is -2.30. The molecule has 0 bridgehead atoms. The summed E-state index contributed by atoms with van der Waals surface area (Å²) in [5.74, 6) is 1.70.